The highest BCUT2D eigenvalue weighted by atomic mass is 79.9. The molecular weight excluding hydrogens is 350 g/mol. The molecule has 0 saturated carbocycles. The summed E-state index contributed by atoms with van der Waals surface area (Å²) in [5, 5.41) is 9.44. The Morgan fingerprint density at radius 3 is 2.67 bits per heavy atom. The van der Waals surface area contributed by atoms with Crippen molar-refractivity contribution in [1.82, 2.24) is 14.8 Å². The first-order valence-electron chi connectivity index (χ1n) is 6.62. The lowest BCUT2D eigenvalue weighted by Gasteiger charge is -2.06. The zero-order valence-electron chi connectivity index (χ0n) is 11.5. The third-order valence-corrected chi connectivity index (χ3v) is 4.62. The van der Waals surface area contributed by atoms with Crippen LogP contribution in [0.3, 0.4) is 0 Å². The van der Waals surface area contributed by atoms with E-state index in [1.165, 1.54) is 5.56 Å². The van der Waals surface area contributed by atoms with Crippen LogP contribution in [0.25, 0.3) is 11.6 Å². The Balaban J connectivity index is 1.78. The maximum atomic E-state index is 5.41. The van der Waals surface area contributed by atoms with Gasteiger partial charge in [-0.05, 0) is 36.8 Å². The lowest BCUT2D eigenvalue weighted by Crippen LogP contribution is -1.99. The molecule has 0 aliphatic carbocycles. The number of aromatic nitrogens is 3. The first-order chi connectivity index (χ1) is 10.3. The fraction of sp³-hybridized carbons (Fsp3) is 0.200. The van der Waals surface area contributed by atoms with Crippen LogP contribution in [-0.2, 0) is 12.3 Å². The molecule has 0 amide bonds. The fourth-order valence-corrected chi connectivity index (χ4v) is 3.22. The van der Waals surface area contributed by atoms with Crippen LogP contribution in [0.2, 0.25) is 0 Å². The van der Waals surface area contributed by atoms with Crippen molar-refractivity contribution in [2.75, 3.05) is 0 Å². The molecule has 0 unspecified atom stereocenters. The predicted octanol–water partition coefficient (Wildman–Crippen LogP) is 4.61. The highest BCUT2D eigenvalue weighted by Gasteiger charge is 2.14. The van der Waals surface area contributed by atoms with E-state index < -0.39 is 0 Å². The van der Waals surface area contributed by atoms with Crippen molar-refractivity contribution in [2.24, 2.45) is 0 Å². The molecule has 3 rings (SSSR count). The summed E-state index contributed by atoms with van der Waals surface area (Å²) in [6.45, 7) is 2.89. The maximum absolute atomic E-state index is 5.41. The van der Waals surface area contributed by atoms with Crippen LogP contribution in [0.1, 0.15) is 12.5 Å². The van der Waals surface area contributed by atoms with Crippen LogP contribution in [0.4, 0.5) is 0 Å². The summed E-state index contributed by atoms with van der Waals surface area (Å²) in [5.41, 5.74) is 1.26. The Morgan fingerprint density at radius 1 is 1.19 bits per heavy atom. The van der Waals surface area contributed by atoms with Gasteiger partial charge < -0.3 is 4.42 Å². The van der Waals surface area contributed by atoms with Crippen LogP contribution < -0.4 is 0 Å². The van der Waals surface area contributed by atoms with Crippen LogP contribution in [-0.4, -0.2) is 14.8 Å². The SMILES string of the molecule is CCn1c(SCc2ccc(Br)cc2)nnc1-c1ccco1. The van der Waals surface area contributed by atoms with Crippen LogP contribution in [0, 0.1) is 0 Å². The highest BCUT2D eigenvalue weighted by molar-refractivity contribution is 9.10. The van der Waals surface area contributed by atoms with Gasteiger partial charge in [-0.2, -0.15) is 0 Å². The minimum atomic E-state index is 0.750. The fourth-order valence-electron chi connectivity index (χ4n) is 2.00. The van der Waals surface area contributed by atoms with E-state index in [1.54, 1.807) is 18.0 Å². The Kier molecular flexibility index (Phi) is 4.45. The molecule has 4 nitrogen and oxygen atoms in total. The third kappa shape index (κ3) is 3.22. The molecular formula is C15H14BrN3OS. The van der Waals surface area contributed by atoms with Crippen LogP contribution >= 0.6 is 27.7 Å². The van der Waals surface area contributed by atoms with E-state index >= 15 is 0 Å². The molecule has 0 N–H and O–H groups in total. The zero-order chi connectivity index (χ0) is 14.7. The van der Waals surface area contributed by atoms with Gasteiger partial charge in [-0.1, -0.05) is 39.8 Å². The molecule has 6 heteroatoms. The number of benzene rings is 1. The van der Waals surface area contributed by atoms with E-state index in [0.717, 1.165) is 33.5 Å². The average Bonchev–Trinajstić information content (AvgIpc) is 3.15. The molecule has 0 atom stereocenters. The molecule has 0 radical (unpaired) electrons. The van der Waals surface area contributed by atoms with Gasteiger partial charge in [0.1, 0.15) is 0 Å². The third-order valence-electron chi connectivity index (χ3n) is 3.06. The Labute approximate surface area is 135 Å². The van der Waals surface area contributed by atoms with Gasteiger partial charge in [-0.3, -0.25) is 4.57 Å². The van der Waals surface area contributed by atoms with Gasteiger partial charge in [0.25, 0.3) is 0 Å². The molecule has 1 aromatic carbocycles. The monoisotopic (exact) mass is 363 g/mol. The second kappa shape index (κ2) is 6.49. The van der Waals surface area contributed by atoms with E-state index in [0.29, 0.717) is 0 Å². The molecule has 0 saturated heterocycles. The number of hydrogen-bond acceptors (Lipinski definition) is 4. The van der Waals surface area contributed by atoms with E-state index in [9.17, 15) is 0 Å². The predicted molar refractivity (Wildman–Crippen MR) is 87.1 cm³/mol. The second-order valence-electron chi connectivity index (χ2n) is 4.44. The first kappa shape index (κ1) is 14.4. The average molecular weight is 364 g/mol. The molecule has 0 bridgehead atoms. The molecule has 0 aliphatic rings. The molecule has 2 heterocycles. The molecule has 2 aromatic heterocycles. The van der Waals surface area contributed by atoms with Gasteiger partial charge in [0.2, 0.25) is 0 Å². The normalized spacial score (nSPS) is 11.0. The highest BCUT2D eigenvalue weighted by Crippen LogP contribution is 2.26. The van der Waals surface area contributed by atoms with Gasteiger partial charge in [0.15, 0.2) is 16.7 Å². The van der Waals surface area contributed by atoms with E-state index in [1.807, 2.05) is 12.1 Å². The van der Waals surface area contributed by atoms with Gasteiger partial charge in [0.05, 0.1) is 6.26 Å². The van der Waals surface area contributed by atoms with Crippen molar-refractivity contribution >= 4 is 27.7 Å². The van der Waals surface area contributed by atoms with Crippen LogP contribution in [0.5, 0.6) is 0 Å². The smallest absolute Gasteiger partial charge is 0.200 e. The number of hydrogen-bond donors (Lipinski definition) is 0. The lowest BCUT2D eigenvalue weighted by atomic mass is 10.2. The summed E-state index contributed by atoms with van der Waals surface area (Å²) < 4.78 is 8.58. The summed E-state index contributed by atoms with van der Waals surface area (Å²) in [5.74, 6) is 2.39. The number of halogens is 1. The quantitative estimate of drug-likeness (QED) is 0.620. The topological polar surface area (TPSA) is 43.9 Å². The molecule has 108 valence electrons. The van der Waals surface area contributed by atoms with Crippen molar-refractivity contribution in [3.8, 4) is 11.6 Å². The Morgan fingerprint density at radius 2 is 2.00 bits per heavy atom. The molecule has 21 heavy (non-hydrogen) atoms. The van der Waals surface area contributed by atoms with Crippen molar-refractivity contribution in [1.29, 1.82) is 0 Å². The second-order valence-corrected chi connectivity index (χ2v) is 6.30. The zero-order valence-corrected chi connectivity index (χ0v) is 13.9. The minimum Gasteiger partial charge on any atom is -0.461 e. The van der Waals surface area contributed by atoms with Crippen molar-refractivity contribution in [3.05, 3.63) is 52.7 Å². The Hall–Kier alpha value is -1.53. The maximum Gasteiger partial charge on any atom is 0.200 e. The van der Waals surface area contributed by atoms with Crippen LogP contribution in [0.15, 0.2) is 56.7 Å². The molecule has 0 spiro atoms. The van der Waals surface area contributed by atoms with E-state index in [2.05, 4.69) is 61.9 Å². The van der Waals surface area contributed by atoms with Gasteiger partial charge in [-0.15, -0.1) is 10.2 Å². The lowest BCUT2D eigenvalue weighted by molar-refractivity contribution is 0.567. The standard InChI is InChI=1S/C15H14BrN3OS/c1-2-19-14(13-4-3-9-20-13)17-18-15(19)21-10-11-5-7-12(16)8-6-11/h3-9H,2,10H2,1H3. The van der Waals surface area contributed by atoms with Crippen molar-refractivity contribution in [2.45, 2.75) is 24.4 Å². The molecule has 3 aromatic rings. The summed E-state index contributed by atoms with van der Waals surface area (Å²) in [7, 11) is 0. The van der Waals surface area contributed by atoms with E-state index in [-0.39, 0.29) is 0 Å². The minimum absolute atomic E-state index is 0.750. The number of furan rings is 1. The number of rotatable bonds is 5. The van der Waals surface area contributed by atoms with Crippen molar-refractivity contribution in [3.63, 3.8) is 0 Å². The Bertz CT molecular complexity index is 707. The van der Waals surface area contributed by atoms with Crippen molar-refractivity contribution < 1.29 is 4.42 Å². The largest absolute Gasteiger partial charge is 0.461 e. The number of thioether (sulfide) groups is 1. The van der Waals surface area contributed by atoms with E-state index in [4.69, 9.17) is 4.42 Å². The first-order valence-corrected chi connectivity index (χ1v) is 8.40. The van der Waals surface area contributed by atoms with Gasteiger partial charge in [0, 0.05) is 16.8 Å². The number of nitrogens with zero attached hydrogens (tertiary/aromatic N) is 3. The van der Waals surface area contributed by atoms with Gasteiger partial charge in [-0.25, -0.2) is 0 Å². The summed E-state index contributed by atoms with van der Waals surface area (Å²) in [6.07, 6.45) is 1.65. The summed E-state index contributed by atoms with van der Waals surface area (Å²) >= 11 is 5.13. The summed E-state index contributed by atoms with van der Waals surface area (Å²) in [6, 6.07) is 12.1. The van der Waals surface area contributed by atoms with Gasteiger partial charge >= 0.3 is 0 Å². The summed E-state index contributed by atoms with van der Waals surface area (Å²) in [4.78, 5) is 0. The molecule has 0 aliphatic heterocycles. The molecule has 0 fully saturated rings.